The molecular weight excluding hydrogens is 474 g/mol. The van der Waals surface area contributed by atoms with E-state index in [4.69, 9.17) is 18.9 Å². The highest BCUT2D eigenvalue weighted by molar-refractivity contribution is 5.96. The number of rotatable bonds is 10. The fraction of sp³-hybridized carbons (Fsp3) is 0.370. The van der Waals surface area contributed by atoms with Gasteiger partial charge in [-0.05, 0) is 62.2 Å². The first-order chi connectivity index (χ1) is 17.8. The number of aromatic nitrogens is 4. The topological polar surface area (TPSA) is 136 Å². The molecule has 0 aliphatic heterocycles. The number of hydrogen-bond acceptors (Lipinski definition) is 9. The molecule has 10 nitrogen and oxygen atoms in total. The molecule has 1 amide bonds. The second kappa shape index (κ2) is 11.3. The van der Waals surface area contributed by atoms with Gasteiger partial charge in [0.15, 0.2) is 6.10 Å². The fourth-order valence-corrected chi connectivity index (χ4v) is 3.63. The van der Waals surface area contributed by atoms with Crippen LogP contribution in [0.25, 0.3) is 22.8 Å². The van der Waals surface area contributed by atoms with Gasteiger partial charge in [-0.15, -0.1) is 0 Å². The number of hydrogen-bond donors (Lipinski definition) is 2. The first-order valence-electron chi connectivity index (χ1n) is 12.3. The van der Waals surface area contributed by atoms with Crippen LogP contribution in [0.1, 0.15) is 73.8 Å². The number of aryl methyl sites for hydroxylation is 1. The molecule has 2 aromatic carbocycles. The predicted molar refractivity (Wildman–Crippen MR) is 136 cm³/mol. The summed E-state index contributed by atoms with van der Waals surface area (Å²) in [5.41, 5.74) is 2.83. The van der Waals surface area contributed by atoms with Crippen molar-refractivity contribution >= 4 is 5.91 Å². The van der Waals surface area contributed by atoms with Crippen LogP contribution in [-0.4, -0.2) is 43.9 Å². The molecule has 0 saturated carbocycles. The second-order valence-electron chi connectivity index (χ2n) is 9.19. The van der Waals surface area contributed by atoms with Gasteiger partial charge in [0.05, 0.1) is 6.61 Å². The molecule has 2 aromatic heterocycles. The molecule has 4 rings (SSSR count). The SMILES string of the molecule is CCC(Oc1ccc(-c2noc(C(C)C)n2)cc1)c1nc(-c2ccc(C(=O)N[C@@H](C)CO)c(C)c2)no1. The average molecular weight is 506 g/mol. The van der Waals surface area contributed by atoms with Crippen LogP contribution in [0.4, 0.5) is 0 Å². The maximum atomic E-state index is 12.4. The summed E-state index contributed by atoms with van der Waals surface area (Å²) in [6, 6.07) is 12.4. The Bertz CT molecular complexity index is 1350. The second-order valence-corrected chi connectivity index (χ2v) is 9.19. The van der Waals surface area contributed by atoms with Crippen LogP contribution < -0.4 is 10.1 Å². The molecule has 194 valence electrons. The van der Waals surface area contributed by atoms with E-state index in [2.05, 4.69) is 25.6 Å². The number of ether oxygens (including phenoxy) is 1. The zero-order chi connectivity index (χ0) is 26.5. The minimum Gasteiger partial charge on any atom is -0.481 e. The monoisotopic (exact) mass is 505 g/mol. The van der Waals surface area contributed by atoms with E-state index >= 15 is 0 Å². The van der Waals surface area contributed by atoms with Crippen LogP contribution in [0.15, 0.2) is 51.5 Å². The van der Waals surface area contributed by atoms with E-state index in [1.165, 1.54) is 0 Å². The average Bonchev–Trinajstić information content (AvgIpc) is 3.58. The maximum Gasteiger partial charge on any atom is 0.268 e. The normalized spacial score (nSPS) is 12.9. The molecule has 1 unspecified atom stereocenters. The van der Waals surface area contributed by atoms with Gasteiger partial charge in [-0.3, -0.25) is 4.79 Å². The van der Waals surface area contributed by atoms with Gasteiger partial charge in [0.25, 0.3) is 11.8 Å². The summed E-state index contributed by atoms with van der Waals surface area (Å²) < 4.78 is 16.9. The van der Waals surface area contributed by atoms with E-state index in [-0.39, 0.29) is 24.5 Å². The summed E-state index contributed by atoms with van der Waals surface area (Å²) in [7, 11) is 0. The van der Waals surface area contributed by atoms with E-state index in [0.29, 0.717) is 41.2 Å². The maximum absolute atomic E-state index is 12.4. The Morgan fingerprint density at radius 3 is 2.19 bits per heavy atom. The molecule has 0 spiro atoms. The highest BCUT2D eigenvalue weighted by Gasteiger charge is 2.21. The molecular formula is C27H31N5O5. The quantitative estimate of drug-likeness (QED) is 0.309. The first-order valence-corrected chi connectivity index (χ1v) is 12.3. The fourth-order valence-electron chi connectivity index (χ4n) is 3.63. The van der Waals surface area contributed by atoms with E-state index < -0.39 is 6.10 Å². The van der Waals surface area contributed by atoms with Crippen molar-refractivity contribution in [3.8, 4) is 28.5 Å². The lowest BCUT2D eigenvalue weighted by atomic mass is 10.0. The van der Waals surface area contributed by atoms with E-state index in [1.807, 2.05) is 58.0 Å². The van der Waals surface area contributed by atoms with Gasteiger partial charge in [-0.2, -0.15) is 9.97 Å². The van der Waals surface area contributed by atoms with Gasteiger partial charge in [0, 0.05) is 28.7 Å². The lowest BCUT2D eigenvalue weighted by molar-refractivity contribution is 0.0921. The van der Waals surface area contributed by atoms with Gasteiger partial charge in [-0.25, -0.2) is 0 Å². The Kier molecular flexibility index (Phi) is 7.98. The lowest BCUT2D eigenvalue weighted by Crippen LogP contribution is -2.35. The molecule has 0 radical (unpaired) electrons. The summed E-state index contributed by atoms with van der Waals surface area (Å²) in [6.07, 6.45) is 0.184. The lowest BCUT2D eigenvalue weighted by Gasteiger charge is -2.13. The minimum absolute atomic E-state index is 0.128. The van der Waals surface area contributed by atoms with Crippen LogP contribution in [-0.2, 0) is 0 Å². The molecule has 0 bridgehead atoms. The molecule has 2 N–H and O–H groups in total. The summed E-state index contributed by atoms with van der Waals surface area (Å²) in [6.45, 7) is 9.41. The van der Waals surface area contributed by atoms with E-state index in [9.17, 15) is 4.79 Å². The Morgan fingerprint density at radius 1 is 0.973 bits per heavy atom. The van der Waals surface area contributed by atoms with Crippen LogP contribution in [0.5, 0.6) is 5.75 Å². The van der Waals surface area contributed by atoms with Gasteiger partial charge >= 0.3 is 0 Å². The zero-order valence-corrected chi connectivity index (χ0v) is 21.6. The predicted octanol–water partition coefficient (Wildman–Crippen LogP) is 4.86. The number of nitrogens with zero attached hydrogens (tertiary/aromatic N) is 4. The molecule has 2 heterocycles. The van der Waals surface area contributed by atoms with Crippen LogP contribution in [0.3, 0.4) is 0 Å². The Balaban J connectivity index is 1.45. The number of carbonyl (C=O) groups excluding carboxylic acids is 1. The highest BCUT2D eigenvalue weighted by atomic mass is 16.5. The van der Waals surface area contributed by atoms with Crippen LogP contribution >= 0.6 is 0 Å². The van der Waals surface area contributed by atoms with Crippen molar-refractivity contribution in [2.75, 3.05) is 6.61 Å². The van der Waals surface area contributed by atoms with Crippen molar-refractivity contribution in [2.45, 2.75) is 59.1 Å². The molecule has 0 aliphatic carbocycles. The minimum atomic E-state index is -0.434. The van der Waals surface area contributed by atoms with Gasteiger partial charge in [0.2, 0.25) is 17.5 Å². The third kappa shape index (κ3) is 6.03. The molecule has 10 heteroatoms. The molecule has 37 heavy (non-hydrogen) atoms. The largest absolute Gasteiger partial charge is 0.481 e. The van der Waals surface area contributed by atoms with Crippen molar-refractivity contribution in [1.29, 1.82) is 0 Å². The number of aliphatic hydroxyl groups is 1. The number of benzene rings is 2. The molecule has 0 saturated heterocycles. The van der Waals surface area contributed by atoms with E-state index in [0.717, 1.165) is 16.7 Å². The summed E-state index contributed by atoms with van der Waals surface area (Å²) in [4.78, 5) is 21.4. The van der Waals surface area contributed by atoms with Crippen molar-refractivity contribution in [2.24, 2.45) is 0 Å². The number of amides is 1. The van der Waals surface area contributed by atoms with E-state index in [1.54, 1.807) is 19.1 Å². The molecule has 0 aliphatic rings. The number of aliphatic hydroxyl groups excluding tert-OH is 1. The third-order valence-corrected chi connectivity index (χ3v) is 5.80. The standard InChI is InChI=1S/C27H31N5O5/c1-6-22(35-20-10-7-18(8-11-20)23-29-26(15(2)3)36-31-23)27-30-24(32-37-27)19-9-12-21(16(4)13-19)25(34)28-17(5)14-33/h7-13,15,17,22,33H,6,14H2,1-5H3,(H,28,34)/t17-,22?/m0/s1. The first kappa shape index (κ1) is 26.0. The van der Waals surface area contributed by atoms with Crippen molar-refractivity contribution in [3.05, 3.63) is 65.4 Å². The van der Waals surface area contributed by atoms with Crippen molar-refractivity contribution in [3.63, 3.8) is 0 Å². The van der Waals surface area contributed by atoms with Crippen molar-refractivity contribution in [1.82, 2.24) is 25.6 Å². The molecule has 0 fully saturated rings. The Hall–Kier alpha value is -4.05. The van der Waals surface area contributed by atoms with Gasteiger partial charge in [-0.1, -0.05) is 37.2 Å². The van der Waals surface area contributed by atoms with Crippen LogP contribution in [0, 0.1) is 6.92 Å². The van der Waals surface area contributed by atoms with Crippen molar-refractivity contribution < 1.29 is 23.7 Å². The third-order valence-electron chi connectivity index (χ3n) is 5.80. The van der Waals surface area contributed by atoms with Gasteiger partial charge < -0.3 is 24.2 Å². The zero-order valence-electron chi connectivity index (χ0n) is 21.6. The highest BCUT2D eigenvalue weighted by Crippen LogP contribution is 2.28. The molecule has 2 atom stereocenters. The smallest absolute Gasteiger partial charge is 0.268 e. The number of carbonyl (C=O) groups is 1. The molecule has 4 aromatic rings. The number of nitrogens with one attached hydrogen (secondary N) is 1. The van der Waals surface area contributed by atoms with Crippen LogP contribution in [0.2, 0.25) is 0 Å². The van der Waals surface area contributed by atoms with Gasteiger partial charge in [0.1, 0.15) is 5.75 Å². The summed E-state index contributed by atoms with van der Waals surface area (Å²) >= 11 is 0. The Labute approximate surface area is 215 Å². The summed E-state index contributed by atoms with van der Waals surface area (Å²) in [5, 5.41) is 20.1. The summed E-state index contributed by atoms with van der Waals surface area (Å²) in [5.74, 6) is 2.46. The Morgan fingerprint density at radius 2 is 1.59 bits per heavy atom.